The van der Waals surface area contributed by atoms with E-state index in [0.717, 1.165) is 29.6 Å². The number of aromatic nitrogens is 2. The molecule has 0 saturated heterocycles. The maximum absolute atomic E-state index is 5.75. The van der Waals surface area contributed by atoms with Crippen molar-refractivity contribution in [1.82, 2.24) is 9.97 Å². The van der Waals surface area contributed by atoms with Crippen molar-refractivity contribution in [2.75, 3.05) is 5.73 Å². The molecule has 2 N–H and O–H groups in total. The Morgan fingerprint density at radius 2 is 2.07 bits per heavy atom. The monoisotopic (exact) mass is 257 g/mol. The van der Waals surface area contributed by atoms with Crippen LogP contribution in [0.2, 0.25) is 0 Å². The molecule has 0 atom stereocenters. The molecule has 0 saturated carbocycles. The molecule has 0 radical (unpaired) electrons. The summed E-state index contributed by atoms with van der Waals surface area (Å²) in [4.78, 5) is 8.41. The van der Waals surface area contributed by atoms with E-state index in [1.54, 1.807) is 6.20 Å². The molecule has 14 heavy (non-hydrogen) atoms. The molecule has 1 heterocycles. The number of nitrogens with zero attached hydrogens (tertiary/aromatic N) is 2. The Bertz CT molecular complexity index is 297. The molecule has 1 rings (SSSR count). The van der Waals surface area contributed by atoms with E-state index in [0.29, 0.717) is 11.7 Å². The average Bonchev–Trinajstić information content (AvgIpc) is 2.19. The molecule has 0 aromatic carbocycles. The highest BCUT2D eigenvalue weighted by Gasteiger charge is 2.10. The first kappa shape index (κ1) is 11.4. The Hall–Kier alpha value is -0.640. The Labute approximate surface area is 93.3 Å². The van der Waals surface area contributed by atoms with E-state index < -0.39 is 0 Å². The van der Waals surface area contributed by atoms with E-state index in [9.17, 15) is 0 Å². The van der Waals surface area contributed by atoms with Crippen LogP contribution in [0.3, 0.4) is 0 Å². The van der Waals surface area contributed by atoms with Crippen LogP contribution in [0.1, 0.15) is 32.4 Å². The molecular formula is C10H16BrN3. The van der Waals surface area contributed by atoms with Crippen molar-refractivity contribution >= 4 is 21.7 Å². The Kier molecular flexibility index (Phi) is 4.32. The van der Waals surface area contributed by atoms with Crippen LogP contribution in [0, 0.1) is 5.92 Å². The SMILES string of the molecule is CCC(CC)Cc1nc(Br)cnc1N. The molecule has 0 unspecified atom stereocenters. The molecule has 1 aromatic rings. The third-order valence-corrected chi connectivity index (χ3v) is 2.87. The highest BCUT2D eigenvalue weighted by Crippen LogP contribution is 2.18. The molecule has 0 aliphatic carbocycles. The smallest absolute Gasteiger partial charge is 0.145 e. The number of nitrogens with two attached hydrogens (primary N) is 1. The molecule has 78 valence electrons. The largest absolute Gasteiger partial charge is 0.382 e. The fourth-order valence-electron chi connectivity index (χ4n) is 1.41. The second kappa shape index (κ2) is 5.29. The van der Waals surface area contributed by atoms with Gasteiger partial charge in [0.1, 0.15) is 10.4 Å². The lowest BCUT2D eigenvalue weighted by atomic mass is 9.97. The Balaban J connectivity index is 2.79. The summed E-state index contributed by atoms with van der Waals surface area (Å²) in [6, 6.07) is 0. The van der Waals surface area contributed by atoms with Crippen LogP contribution in [0.25, 0.3) is 0 Å². The van der Waals surface area contributed by atoms with Crippen molar-refractivity contribution in [3.05, 3.63) is 16.5 Å². The maximum Gasteiger partial charge on any atom is 0.145 e. The van der Waals surface area contributed by atoms with Crippen molar-refractivity contribution in [1.29, 1.82) is 0 Å². The van der Waals surface area contributed by atoms with E-state index in [1.807, 2.05) is 0 Å². The minimum Gasteiger partial charge on any atom is -0.382 e. The second-order valence-electron chi connectivity index (χ2n) is 3.41. The summed E-state index contributed by atoms with van der Waals surface area (Å²) in [6.07, 6.45) is 4.87. The van der Waals surface area contributed by atoms with Crippen LogP contribution in [0.5, 0.6) is 0 Å². The van der Waals surface area contributed by atoms with Gasteiger partial charge in [-0.2, -0.15) is 0 Å². The number of nitrogen functional groups attached to an aromatic ring is 1. The summed E-state index contributed by atoms with van der Waals surface area (Å²) >= 11 is 3.30. The summed E-state index contributed by atoms with van der Waals surface area (Å²) in [5, 5.41) is 0. The van der Waals surface area contributed by atoms with E-state index in [4.69, 9.17) is 5.73 Å². The van der Waals surface area contributed by atoms with Crippen LogP contribution >= 0.6 is 15.9 Å². The summed E-state index contributed by atoms with van der Waals surface area (Å²) in [5.74, 6) is 1.21. The van der Waals surface area contributed by atoms with Gasteiger partial charge in [-0.3, -0.25) is 0 Å². The molecule has 1 aromatic heterocycles. The lowest BCUT2D eigenvalue weighted by Gasteiger charge is -2.12. The summed E-state index contributed by atoms with van der Waals surface area (Å²) in [7, 11) is 0. The van der Waals surface area contributed by atoms with Gasteiger partial charge in [0.2, 0.25) is 0 Å². The van der Waals surface area contributed by atoms with Crippen LogP contribution in [-0.4, -0.2) is 9.97 Å². The fourth-order valence-corrected chi connectivity index (χ4v) is 1.73. The van der Waals surface area contributed by atoms with Crippen molar-refractivity contribution < 1.29 is 0 Å². The molecule has 0 bridgehead atoms. The molecule has 0 aliphatic heterocycles. The van der Waals surface area contributed by atoms with Gasteiger partial charge in [0, 0.05) is 0 Å². The maximum atomic E-state index is 5.75. The van der Waals surface area contributed by atoms with E-state index >= 15 is 0 Å². The first-order valence-corrected chi connectivity index (χ1v) is 5.73. The van der Waals surface area contributed by atoms with Gasteiger partial charge in [0.05, 0.1) is 11.9 Å². The van der Waals surface area contributed by atoms with Gasteiger partial charge in [0.25, 0.3) is 0 Å². The van der Waals surface area contributed by atoms with Gasteiger partial charge >= 0.3 is 0 Å². The lowest BCUT2D eigenvalue weighted by molar-refractivity contribution is 0.485. The van der Waals surface area contributed by atoms with Crippen molar-refractivity contribution in [2.45, 2.75) is 33.1 Å². The molecule has 0 aliphatic rings. The first-order chi connectivity index (χ1) is 6.67. The van der Waals surface area contributed by atoms with Crippen molar-refractivity contribution in [3.63, 3.8) is 0 Å². The van der Waals surface area contributed by atoms with Gasteiger partial charge in [-0.25, -0.2) is 9.97 Å². The molecular weight excluding hydrogens is 242 g/mol. The van der Waals surface area contributed by atoms with Gasteiger partial charge in [0.15, 0.2) is 0 Å². The summed E-state index contributed by atoms with van der Waals surface area (Å²) in [6.45, 7) is 4.38. The lowest BCUT2D eigenvalue weighted by Crippen LogP contribution is -2.08. The standard InChI is InChI=1S/C10H16BrN3/c1-3-7(4-2)5-8-10(12)13-6-9(11)14-8/h6-7H,3-5H2,1-2H3,(H2,12,13). The Morgan fingerprint density at radius 1 is 1.43 bits per heavy atom. The normalized spacial score (nSPS) is 10.9. The highest BCUT2D eigenvalue weighted by atomic mass is 79.9. The van der Waals surface area contributed by atoms with Crippen LogP contribution in [-0.2, 0) is 6.42 Å². The number of halogens is 1. The third-order valence-electron chi connectivity index (χ3n) is 2.48. The number of anilines is 1. The van der Waals surface area contributed by atoms with Crippen molar-refractivity contribution in [2.24, 2.45) is 5.92 Å². The highest BCUT2D eigenvalue weighted by molar-refractivity contribution is 9.10. The summed E-state index contributed by atoms with van der Waals surface area (Å²) < 4.78 is 0.757. The minimum absolute atomic E-state index is 0.556. The summed E-state index contributed by atoms with van der Waals surface area (Å²) in [5.41, 5.74) is 6.66. The number of rotatable bonds is 4. The van der Waals surface area contributed by atoms with E-state index in [-0.39, 0.29) is 0 Å². The third kappa shape index (κ3) is 2.94. The zero-order valence-corrected chi connectivity index (χ0v) is 10.2. The zero-order valence-electron chi connectivity index (χ0n) is 8.63. The Morgan fingerprint density at radius 3 is 2.64 bits per heavy atom. The number of hydrogen-bond acceptors (Lipinski definition) is 3. The molecule has 0 spiro atoms. The predicted molar refractivity (Wildman–Crippen MR) is 61.9 cm³/mol. The molecule has 0 fully saturated rings. The van der Waals surface area contributed by atoms with Gasteiger partial charge in [-0.15, -0.1) is 0 Å². The first-order valence-electron chi connectivity index (χ1n) is 4.94. The molecule has 3 nitrogen and oxygen atoms in total. The van der Waals surface area contributed by atoms with Crippen molar-refractivity contribution in [3.8, 4) is 0 Å². The van der Waals surface area contributed by atoms with Crippen LogP contribution < -0.4 is 5.73 Å². The molecule has 4 heteroatoms. The fraction of sp³-hybridized carbons (Fsp3) is 0.600. The quantitative estimate of drug-likeness (QED) is 0.903. The predicted octanol–water partition coefficient (Wildman–Crippen LogP) is 2.80. The van der Waals surface area contributed by atoms with Gasteiger partial charge < -0.3 is 5.73 Å². The van der Waals surface area contributed by atoms with Crippen LogP contribution in [0.15, 0.2) is 10.8 Å². The zero-order chi connectivity index (χ0) is 10.6. The van der Waals surface area contributed by atoms with Crippen LogP contribution in [0.4, 0.5) is 5.82 Å². The van der Waals surface area contributed by atoms with Gasteiger partial charge in [-0.1, -0.05) is 26.7 Å². The minimum atomic E-state index is 0.556. The van der Waals surface area contributed by atoms with E-state index in [2.05, 4.69) is 39.7 Å². The second-order valence-corrected chi connectivity index (χ2v) is 4.22. The average molecular weight is 258 g/mol. The van der Waals surface area contributed by atoms with Gasteiger partial charge in [-0.05, 0) is 28.3 Å². The number of hydrogen-bond donors (Lipinski definition) is 1. The topological polar surface area (TPSA) is 51.8 Å². The van der Waals surface area contributed by atoms with E-state index in [1.165, 1.54) is 0 Å². The molecule has 0 amide bonds.